The van der Waals surface area contributed by atoms with E-state index >= 15 is 0 Å². The number of aromatic nitrogens is 3. The molecule has 3 aromatic rings. The van der Waals surface area contributed by atoms with Crippen LogP contribution in [0.4, 0.5) is 5.69 Å². The van der Waals surface area contributed by atoms with Gasteiger partial charge in [0.05, 0.1) is 38.0 Å². The molecule has 0 spiro atoms. The first-order chi connectivity index (χ1) is 17.7. The Bertz CT molecular complexity index is 1290. The molecule has 0 aliphatic carbocycles. The number of ether oxygens (including phenoxy) is 2. The molecule has 1 fully saturated rings. The van der Waals surface area contributed by atoms with Crippen LogP contribution in [0.15, 0.2) is 46.9 Å². The van der Waals surface area contributed by atoms with E-state index in [0.29, 0.717) is 23.9 Å². The molecule has 0 N–H and O–H groups in total. The molecule has 0 amide bonds. The molecule has 0 unspecified atom stereocenters. The monoisotopic (exact) mass is 521 g/mol. The van der Waals surface area contributed by atoms with Gasteiger partial charge in [0.2, 0.25) is 5.16 Å². The molecule has 4 rings (SSSR count). The van der Waals surface area contributed by atoms with Crippen LogP contribution in [0.1, 0.15) is 53.4 Å². The quantitative estimate of drug-likeness (QED) is 0.237. The van der Waals surface area contributed by atoms with Crippen molar-refractivity contribution in [3.05, 3.63) is 64.5 Å². The zero-order valence-corrected chi connectivity index (χ0v) is 23.3. The van der Waals surface area contributed by atoms with Crippen molar-refractivity contribution in [2.45, 2.75) is 45.2 Å². The Morgan fingerprint density at radius 3 is 2.59 bits per heavy atom. The Morgan fingerprint density at radius 2 is 1.92 bits per heavy atom. The minimum atomic E-state index is -0.195. The van der Waals surface area contributed by atoms with Crippen molar-refractivity contribution < 1.29 is 14.3 Å². The fourth-order valence-electron chi connectivity index (χ4n) is 4.17. The summed E-state index contributed by atoms with van der Waals surface area (Å²) in [5, 5.41) is 13.2. The summed E-state index contributed by atoms with van der Waals surface area (Å²) < 4.78 is 13.0. The minimum absolute atomic E-state index is 0.0142. The number of morpholine rings is 1. The van der Waals surface area contributed by atoms with Crippen LogP contribution in [0.2, 0.25) is 0 Å². The first-order valence-electron chi connectivity index (χ1n) is 12.4. The summed E-state index contributed by atoms with van der Waals surface area (Å²) in [6, 6.07) is 10.1. The normalized spacial score (nSPS) is 14.4. The van der Waals surface area contributed by atoms with Gasteiger partial charge in [-0.1, -0.05) is 50.7 Å². The molecule has 1 aromatic heterocycles. The Morgan fingerprint density at radius 1 is 1.16 bits per heavy atom. The molecule has 0 bridgehead atoms. The highest BCUT2D eigenvalue weighted by atomic mass is 32.2. The summed E-state index contributed by atoms with van der Waals surface area (Å²) in [5.74, 6) is 1.05. The number of Topliss-reactive ketones (excluding diaryl/α,β-unsaturated/α-hetero) is 1. The van der Waals surface area contributed by atoms with Crippen molar-refractivity contribution in [3.63, 3.8) is 0 Å². The Balaban J connectivity index is 1.55. The van der Waals surface area contributed by atoms with E-state index in [1.165, 1.54) is 22.9 Å². The van der Waals surface area contributed by atoms with Crippen molar-refractivity contribution in [3.8, 4) is 5.75 Å². The van der Waals surface area contributed by atoms with E-state index < -0.39 is 0 Å². The van der Waals surface area contributed by atoms with Gasteiger partial charge in [0.25, 0.3) is 0 Å². The van der Waals surface area contributed by atoms with Crippen molar-refractivity contribution in [2.75, 3.05) is 44.1 Å². The lowest BCUT2D eigenvalue weighted by Gasteiger charge is -2.33. The first kappa shape index (κ1) is 26.9. The van der Waals surface area contributed by atoms with Crippen molar-refractivity contribution >= 4 is 29.4 Å². The van der Waals surface area contributed by atoms with Gasteiger partial charge in [-0.15, -0.1) is 10.2 Å². The van der Waals surface area contributed by atoms with E-state index in [0.717, 1.165) is 35.7 Å². The van der Waals surface area contributed by atoms with Gasteiger partial charge in [-0.2, -0.15) is 9.78 Å². The van der Waals surface area contributed by atoms with Crippen LogP contribution in [0.5, 0.6) is 5.75 Å². The summed E-state index contributed by atoms with van der Waals surface area (Å²) in [4.78, 5) is 15.6. The van der Waals surface area contributed by atoms with Crippen molar-refractivity contribution in [2.24, 2.45) is 5.10 Å². The third-order valence-corrected chi connectivity index (χ3v) is 7.38. The lowest BCUT2D eigenvalue weighted by Crippen LogP contribution is -2.37. The van der Waals surface area contributed by atoms with E-state index in [4.69, 9.17) is 9.47 Å². The lowest BCUT2D eigenvalue weighted by atomic mass is 9.84. The van der Waals surface area contributed by atoms with Gasteiger partial charge < -0.3 is 14.4 Å². The van der Waals surface area contributed by atoms with Gasteiger partial charge in [-0.25, -0.2) is 0 Å². The number of rotatable bonds is 8. The molecule has 0 atom stereocenters. The lowest BCUT2D eigenvalue weighted by molar-refractivity contribution is 0.102. The predicted octanol–water partition coefficient (Wildman–Crippen LogP) is 4.89. The molecule has 1 aliphatic rings. The Kier molecular flexibility index (Phi) is 8.34. The molecule has 196 valence electrons. The van der Waals surface area contributed by atoms with E-state index in [2.05, 4.69) is 67.0 Å². The first-order valence-corrected chi connectivity index (χ1v) is 13.4. The van der Waals surface area contributed by atoms with Gasteiger partial charge in [0, 0.05) is 24.2 Å². The zero-order chi connectivity index (χ0) is 26.6. The van der Waals surface area contributed by atoms with Crippen molar-refractivity contribution in [1.29, 1.82) is 0 Å². The molecule has 8 nitrogen and oxygen atoms in total. The fourth-order valence-corrected chi connectivity index (χ4v) is 4.92. The fraction of sp³-hybridized carbons (Fsp3) is 0.429. The van der Waals surface area contributed by atoms with Crippen molar-refractivity contribution in [1.82, 2.24) is 14.9 Å². The van der Waals surface area contributed by atoms with Crippen LogP contribution in [0.25, 0.3) is 0 Å². The highest BCUT2D eigenvalue weighted by Gasteiger charge is 2.27. The van der Waals surface area contributed by atoms with Crippen LogP contribution in [0, 0.1) is 13.8 Å². The standard InChI is InChI=1S/C28H35N5O3S/c1-19-7-8-21(13-20(19)2)16-30-33-18-29-31-27(33)37-17-25(34)22-14-23(28(3,4)5)26(35-6)24(15-22)32-9-11-36-12-10-32/h7-8,13-16,18H,9-12,17H2,1-6H3/b30-16+. The van der Waals surface area contributed by atoms with Crippen LogP contribution >= 0.6 is 11.8 Å². The number of carbonyl (C=O) groups excluding carboxylic acids is 1. The predicted molar refractivity (Wildman–Crippen MR) is 149 cm³/mol. The van der Waals surface area contributed by atoms with Crippen LogP contribution in [-0.4, -0.2) is 66.0 Å². The second-order valence-electron chi connectivity index (χ2n) is 10.2. The van der Waals surface area contributed by atoms with E-state index in [1.807, 2.05) is 18.2 Å². The number of hydrogen-bond donors (Lipinski definition) is 0. The van der Waals surface area contributed by atoms with Gasteiger partial charge >= 0.3 is 0 Å². The van der Waals surface area contributed by atoms with Gasteiger partial charge in [0.15, 0.2) is 5.78 Å². The van der Waals surface area contributed by atoms with E-state index in [9.17, 15) is 4.79 Å². The number of ketones is 1. The second kappa shape index (κ2) is 11.5. The van der Waals surface area contributed by atoms with E-state index in [1.54, 1.807) is 24.3 Å². The highest BCUT2D eigenvalue weighted by molar-refractivity contribution is 7.99. The summed E-state index contributed by atoms with van der Waals surface area (Å²) in [6.45, 7) is 13.4. The molecule has 0 saturated carbocycles. The molecular weight excluding hydrogens is 486 g/mol. The number of carbonyl (C=O) groups is 1. The number of thioether (sulfide) groups is 1. The number of anilines is 1. The summed E-state index contributed by atoms with van der Waals surface area (Å²) >= 11 is 1.32. The molecule has 0 radical (unpaired) electrons. The van der Waals surface area contributed by atoms with Crippen LogP contribution in [0.3, 0.4) is 0 Å². The smallest absolute Gasteiger partial charge is 0.212 e. The maximum absolute atomic E-state index is 13.4. The maximum atomic E-state index is 13.4. The Labute approximate surface area is 223 Å². The highest BCUT2D eigenvalue weighted by Crippen LogP contribution is 2.40. The molecule has 1 aliphatic heterocycles. The topological polar surface area (TPSA) is 81.8 Å². The minimum Gasteiger partial charge on any atom is -0.494 e. The maximum Gasteiger partial charge on any atom is 0.212 e. The number of hydrogen-bond acceptors (Lipinski definition) is 8. The zero-order valence-electron chi connectivity index (χ0n) is 22.4. The molecule has 37 heavy (non-hydrogen) atoms. The Hall–Kier alpha value is -3.17. The van der Waals surface area contributed by atoms with Crippen LogP contribution in [-0.2, 0) is 10.2 Å². The van der Waals surface area contributed by atoms with E-state index in [-0.39, 0.29) is 17.0 Å². The molecular formula is C28H35N5O3S. The number of benzene rings is 2. The molecule has 9 heteroatoms. The molecule has 1 saturated heterocycles. The van der Waals surface area contributed by atoms with Gasteiger partial charge in [-0.05, 0) is 48.1 Å². The van der Waals surface area contributed by atoms with Gasteiger partial charge in [0.1, 0.15) is 12.1 Å². The average molecular weight is 522 g/mol. The summed E-state index contributed by atoms with van der Waals surface area (Å²) in [5.41, 5.74) is 5.84. The number of nitrogens with zero attached hydrogens (tertiary/aromatic N) is 5. The number of aryl methyl sites for hydroxylation is 2. The number of methoxy groups -OCH3 is 1. The largest absolute Gasteiger partial charge is 0.494 e. The van der Waals surface area contributed by atoms with Gasteiger partial charge in [-0.3, -0.25) is 4.79 Å². The summed E-state index contributed by atoms with van der Waals surface area (Å²) in [7, 11) is 1.69. The summed E-state index contributed by atoms with van der Waals surface area (Å²) in [6.07, 6.45) is 3.32. The third-order valence-electron chi connectivity index (χ3n) is 6.45. The SMILES string of the molecule is COc1c(N2CCOCC2)cc(C(=O)CSc2nncn2/N=C/c2ccc(C)c(C)c2)cc1C(C)(C)C. The molecule has 2 aromatic carbocycles. The molecule has 2 heterocycles. The second-order valence-corrected chi connectivity index (χ2v) is 11.1. The third kappa shape index (κ3) is 6.40. The van der Waals surface area contributed by atoms with Crippen LogP contribution < -0.4 is 9.64 Å². The average Bonchev–Trinajstić information content (AvgIpc) is 3.34.